The molecule has 4 N–H and O–H groups in total. The molecule has 0 radical (unpaired) electrons. The fourth-order valence-electron chi connectivity index (χ4n) is 5.22. The summed E-state index contributed by atoms with van der Waals surface area (Å²) in [7, 11) is 1.19. The van der Waals surface area contributed by atoms with E-state index >= 15 is 0 Å². The van der Waals surface area contributed by atoms with Crippen LogP contribution in [-0.4, -0.2) is 47.9 Å². The molecule has 5 rings (SSSR count). The fourth-order valence-corrected chi connectivity index (χ4v) is 5.22. The lowest BCUT2D eigenvalue weighted by Gasteiger charge is -2.24. The maximum absolute atomic E-state index is 13.8. The Morgan fingerprint density at radius 3 is 1.89 bits per heavy atom. The van der Waals surface area contributed by atoms with Gasteiger partial charge in [-0.05, 0) is 34.9 Å². The Morgan fingerprint density at radius 1 is 0.689 bits per heavy atom. The summed E-state index contributed by atoms with van der Waals surface area (Å²) in [5, 5.41) is 9.38. The van der Waals surface area contributed by atoms with Crippen LogP contribution in [0.3, 0.4) is 0 Å². The Bertz CT molecular complexity index is 1720. The van der Waals surface area contributed by atoms with Gasteiger partial charge in [0, 0.05) is 29.1 Å². The smallest absolute Gasteiger partial charge is 0.328 e. The molecular formula is C36H34N4O5. The highest BCUT2D eigenvalue weighted by atomic mass is 16.5. The minimum absolute atomic E-state index is 0.137. The van der Waals surface area contributed by atoms with E-state index in [1.165, 1.54) is 7.11 Å². The van der Waals surface area contributed by atoms with Gasteiger partial charge in [-0.2, -0.15) is 0 Å². The third-order valence-corrected chi connectivity index (χ3v) is 7.52. The number of benzene rings is 4. The lowest BCUT2D eigenvalue weighted by atomic mass is 9.98. The first-order chi connectivity index (χ1) is 21.9. The van der Waals surface area contributed by atoms with Crippen LogP contribution in [0, 0.1) is 0 Å². The van der Waals surface area contributed by atoms with E-state index < -0.39 is 41.8 Å². The maximum atomic E-state index is 13.8. The number of aromatic amines is 1. The molecule has 0 fully saturated rings. The highest BCUT2D eigenvalue weighted by molar-refractivity contribution is 5.99. The number of esters is 1. The van der Waals surface area contributed by atoms with Crippen LogP contribution in [0.5, 0.6) is 0 Å². The second-order valence-corrected chi connectivity index (χ2v) is 10.6. The van der Waals surface area contributed by atoms with Crippen LogP contribution in [0.1, 0.15) is 39.5 Å². The Labute approximate surface area is 261 Å². The number of para-hydroxylation sites is 1. The van der Waals surface area contributed by atoms with Crippen molar-refractivity contribution in [2.24, 2.45) is 0 Å². The molecule has 4 aromatic carbocycles. The number of ether oxygens (including phenoxy) is 1. The molecule has 5 aromatic rings. The number of hydrogen-bond acceptors (Lipinski definition) is 5. The van der Waals surface area contributed by atoms with E-state index in [0.29, 0.717) is 5.56 Å². The molecule has 45 heavy (non-hydrogen) atoms. The second-order valence-electron chi connectivity index (χ2n) is 10.6. The largest absolute Gasteiger partial charge is 0.467 e. The van der Waals surface area contributed by atoms with Crippen molar-refractivity contribution in [1.29, 1.82) is 0 Å². The van der Waals surface area contributed by atoms with Crippen molar-refractivity contribution in [3.05, 3.63) is 144 Å². The molecule has 1 heterocycles. The van der Waals surface area contributed by atoms with Crippen molar-refractivity contribution in [2.75, 3.05) is 7.11 Å². The Morgan fingerprint density at radius 2 is 1.27 bits per heavy atom. The number of fused-ring (bicyclic) bond motifs is 1. The van der Waals surface area contributed by atoms with E-state index in [4.69, 9.17) is 4.74 Å². The molecule has 0 spiro atoms. The summed E-state index contributed by atoms with van der Waals surface area (Å²) >= 11 is 0. The predicted octanol–water partition coefficient (Wildman–Crippen LogP) is 4.46. The molecule has 3 amide bonds. The number of hydrogen-bond donors (Lipinski definition) is 4. The van der Waals surface area contributed by atoms with Crippen molar-refractivity contribution >= 4 is 34.6 Å². The van der Waals surface area contributed by atoms with Crippen LogP contribution in [-0.2, 0) is 25.5 Å². The van der Waals surface area contributed by atoms with Gasteiger partial charge in [0.1, 0.15) is 12.1 Å². The average molecular weight is 603 g/mol. The summed E-state index contributed by atoms with van der Waals surface area (Å²) in [6.07, 6.45) is 1.55. The third kappa shape index (κ3) is 7.83. The molecule has 0 aliphatic heterocycles. The van der Waals surface area contributed by atoms with Gasteiger partial charge in [0.25, 0.3) is 5.91 Å². The van der Waals surface area contributed by atoms with Crippen LogP contribution < -0.4 is 16.0 Å². The predicted molar refractivity (Wildman–Crippen MR) is 171 cm³/mol. The standard InChI is InChI=1S/C36H34N4O5/c1-45-36(44)31(22-32(41)40-33(24-13-5-2-6-14-24)25-15-7-3-8-16-25)39-35(43)30(38-34(42)26-17-9-4-10-18-26)21-27-23-37-29-20-12-11-19-28(27)29/h2-20,23,30-31,33,37H,21-22H2,1H3,(H,38,42)(H,39,43)(H,40,41)/t30-,31-/m0/s1. The summed E-state index contributed by atoms with van der Waals surface area (Å²) < 4.78 is 4.96. The molecule has 0 saturated carbocycles. The summed E-state index contributed by atoms with van der Waals surface area (Å²) in [6, 6.07) is 32.3. The van der Waals surface area contributed by atoms with Crippen molar-refractivity contribution < 1.29 is 23.9 Å². The van der Waals surface area contributed by atoms with Crippen LogP contribution in [0.4, 0.5) is 0 Å². The topological polar surface area (TPSA) is 129 Å². The molecule has 2 atom stereocenters. The summed E-state index contributed by atoms with van der Waals surface area (Å²) in [5.41, 5.74) is 3.79. The maximum Gasteiger partial charge on any atom is 0.328 e. The number of amides is 3. The monoisotopic (exact) mass is 602 g/mol. The van der Waals surface area contributed by atoms with Crippen LogP contribution in [0.15, 0.2) is 121 Å². The van der Waals surface area contributed by atoms with Gasteiger partial charge in [-0.3, -0.25) is 14.4 Å². The lowest BCUT2D eigenvalue weighted by molar-refractivity contribution is -0.146. The van der Waals surface area contributed by atoms with Gasteiger partial charge < -0.3 is 25.7 Å². The minimum Gasteiger partial charge on any atom is -0.467 e. The minimum atomic E-state index is -1.30. The van der Waals surface area contributed by atoms with E-state index in [9.17, 15) is 19.2 Å². The van der Waals surface area contributed by atoms with Crippen molar-refractivity contribution in [3.8, 4) is 0 Å². The van der Waals surface area contributed by atoms with Gasteiger partial charge in [0.2, 0.25) is 11.8 Å². The summed E-state index contributed by atoms with van der Waals surface area (Å²) in [4.78, 5) is 56.4. The first-order valence-electron chi connectivity index (χ1n) is 14.6. The molecule has 228 valence electrons. The van der Waals surface area contributed by atoms with Crippen LogP contribution in [0.25, 0.3) is 10.9 Å². The quantitative estimate of drug-likeness (QED) is 0.157. The lowest BCUT2D eigenvalue weighted by Crippen LogP contribution is -2.53. The molecule has 9 heteroatoms. The van der Waals surface area contributed by atoms with Crippen LogP contribution in [0.2, 0.25) is 0 Å². The Hall–Kier alpha value is -5.70. The van der Waals surface area contributed by atoms with Crippen molar-refractivity contribution in [2.45, 2.75) is 31.0 Å². The van der Waals surface area contributed by atoms with E-state index in [1.54, 1.807) is 36.5 Å². The van der Waals surface area contributed by atoms with Gasteiger partial charge in [0.05, 0.1) is 19.6 Å². The third-order valence-electron chi connectivity index (χ3n) is 7.52. The zero-order valence-electron chi connectivity index (χ0n) is 24.7. The molecule has 0 aliphatic rings. The SMILES string of the molecule is COC(=O)[C@H](CC(=O)NC(c1ccccc1)c1ccccc1)NC(=O)[C@H](Cc1c[nH]c2ccccc12)NC(=O)c1ccccc1. The summed E-state index contributed by atoms with van der Waals surface area (Å²) in [6.45, 7) is 0. The van der Waals surface area contributed by atoms with Crippen LogP contribution >= 0.6 is 0 Å². The number of rotatable bonds is 12. The van der Waals surface area contributed by atoms with E-state index in [0.717, 1.165) is 27.6 Å². The van der Waals surface area contributed by atoms with Crippen molar-refractivity contribution in [3.63, 3.8) is 0 Å². The molecule has 0 unspecified atom stereocenters. The normalized spacial score (nSPS) is 12.2. The number of aromatic nitrogens is 1. The number of nitrogens with one attached hydrogen (secondary N) is 4. The first kappa shape index (κ1) is 30.7. The fraction of sp³-hybridized carbons (Fsp3) is 0.167. The van der Waals surface area contributed by atoms with E-state index in [-0.39, 0.29) is 12.8 Å². The molecule has 0 saturated heterocycles. The summed E-state index contributed by atoms with van der Waals surface area (Å²) in [5.74, 6) is -2.33. The van der Waals surface area contributed by atoms with E-state index in [2.05, 4.69) is 20.9 Å². The zero-order chi connectivity index (χ0) is 31.6. The molecular weight excluding hydrogens is 568 g/mol. The average Bonchev–Trinajstić information content (AvgIpc) is 3.50. The number of H-pyrrole nitrogens is 1. The molecule has 0 bridgehead atoms. The molecule has 1 aromatic heterocycles. The van der Waals surface area contributed by atoms with Gasteiger partial charge in [-0.15, -0.1) is 0 Å². The van der Waals surface area contributed by atoms with Gasteiger partial charge in [-0.1, -0.05) is 97.1 Å². The number of carbonyl (C=O) groups is 4. The molecule has 0 aliphatic carbocycles. The Balaban J connectivity index is 1.36. The van der Waals surface area contributed by atoms with Gasteiger partial charge in [0.15, 0.2) is 0 Å². The zero-order valence-corrected chi connectivity index (χ0v) is 24.7. The van der Waals surface area contributed by atoms with Gasteiger partial charge in [-0.25, -0.2) is 4.79 Å². The highest BCUT2D eigenvalue weighted by Gasteiger charge is 2.31. The number of carbonyl (C=O) groups excluding carboxylic acids is 4. The number of methoxy groups -OCH3 is 1. The Kier molecular flexibility index (Phi) is 10.0. The van der Waals surface area contributed by atoms with E-state index in [1.807, 2.05) is 84.9 Å². The van der Waals surface area contributed by atoms with Gasteiger partial charge >= 0.3 is 5.97 Å². The highest BCUT2D eigenvalue weighted by Crippen LogP contribution is 2.22. The molecule has 9 nitrogen and oxygen atoms in total. The second kappa shape index (κ2) is 14.7. The van der Waals surface area contributed by atoms with Crippen molar-refractivity contribution in [1.82, 2.24) is 20.9 Å². The first-order valence-corrected chi connectivity index (χ1v) is 14.6.